The van der Waals surface area contributed by atoms with Crippen LogP contribution in [0.4, 0.5) is 4.39 Å². The molecule has 1 heterocycles. The number of carbonyl (C=O) groups excluding carboxylic acids is 1. The van der Waals surface area contributed by atoms with Crippen LogP contribution in [0.1, 0.15) is 15.9 Å². The topological polar surface area (TPSA) is 55.1 Å². The van der Waals surface area contributed by atoms with Gasteiger partial charge < -0.3 is 9.67 Å². The number of aromatic nitrogens is 2. The fourth-order valence-corrected chi connectivity index (χ4v) is 2.25. The molecule has 4 nitrogen and oxygen atoms in total. The smallest absolute Gasteiger partial charge is 0.188 e. The van der Waals surface area contributed by atoms with Gasteiger partial charge >= 0.3 is 0 Å². The second-order valence-electron chi connectivity index (χ2n) is 4.78. The van der Waals surface area contributed by atoms with E-state index in [1.807, 2.05) is 16.7 Å². The minimum atomic E-state index is -0.489. The van der Waals surface area contributed by atoms with Gasteiger partial charge in [-0.05, 0) is 17.7 Å². The molecule has 0 amide bonds. The summed E-state index contributed by atoms with van der Waals surface area (Å²) in [7, 11) is 0. The lowest BCUT2D eigenvalue weighted by Crippen LogP contribution is -2.04. The fourth-order valence-electron chi connectivity index (χ4n) is 2.25. The number of rotatable bonds is 4. The lowest BCUT2D eigenvalue weighted by atomic mass is 10.1. The van der Waals surface area contributed by atoms with E-state index in [4.69, 9.17) is 5.11 Å². The van der Waals surface area contributed by atoms with Gasteiger partial charge in [-0.2, -0.15) is 0 Å². The van der Waals surface area contributed by atoms with Gasteiger partial charge in [0.1, 0.15) is 12.4 Å². The number of hydrogen-bond acceptors (Lipinski definition) is 3. The van der Waals surface area contributed by atoms with Gasteiger partial charge in [0.05, 0.1) is 17.4 Å². The highest BCUT2D eigenvalue weighted by Gasteiger charge is 2.06. The monoisotopic (exact) mass is 284 g/mol. The van der Waals surface area contributed by atoms with E-state index >= 15 is 0 Å². The summed E-state index contributed by atoms with van der Waals surface area (Å²) < 4.78 is 15.0. The molecule has 3 aromatic rings. The molecular weight excluding hydrogens is 271 g/mol. The summed E-state index contributed by atoms with van der Waals surface area (Å²) in [5.74, 6) is -0.607. The van der Waals surface area contributed by atoms with Crippen molar-refractivity contribution in [3.05, 3.63) is 65.7 Å². The summed E-state index contributed by atoms with van der Waals surface area (Å²) in [5, 5.41) is 8.81. The Labute approximate surface area is 120 Å². The largest absolute Gasteiger partial charge is 0.388 e. The van der Waals surface area contributed by atoms with E-state index < -0.39 is 6.61 Å². The predicted molar refractivity (Wildman–Crippen MR) is 76.7 cm³/mol. The molecule has 0 aliphatic rings. The highest BCUT2D eigenvalue weighted by molar-refractivity contribution is 5.96. The molecule has 0 saturated carbocycles. The quantitative estimate of drug-likeness (QED) is 0.748. The Hall–Kier alpha value is -2.53. The average molecular weight is 284 g/mol. The molecule has 5 heteroatoms. The van der Waals surface area contributed by atoms with Gasteiger partial charge in [0.25, 0.3) is 0 Å². The van der Waals surface area contributed by atoms with Crippen LogP contribution in [-0.4, -0.2) is 27.0 Å². The maximum absolute atomic E-state index is 13.1. The molecule has 0 unspecified atom stereocenters. The van der Waals surface area contributed by atoms with Crippen LogP contribution >= 0.6 is 0 Å². The Balaban J connectivity index is 1.86. The van der Waals surface area contributed by atoms with Crippen molar-refractivity contribution in [2.24, 2.45) is 0 Å². The molecule has 1 N–H and O–H groups in total. The Bertz CT molecular complexity index is 794. The minimum absolute atomic E-state index is 0.301. The van der Waals surface area contributed by atoms with Crippen LogP contribution in [-0.2, 0) is 6.54 Å². The number of halogens is 1. The highest BCUT2D eigenvalue weighted by atomic mass is 19.1. The van der Waals surface area contributed by atoms with E-state index in [2.05, 4.69) is 4.98 Å². The molecule has 0 fully saturated rings. The molecule has 0 atom stereocenters. The van der Waals surface area contributed by atoms with Crippen molar-refractivity contribution in [2.45, 2.75) is 6.54 Å². The summed E-state index contributed by atoms with van der Waals surface area (Å²) in [4.78, 5) is 15.5. The van der Waals surface area contributed by atoms with Crippen molar-refractivity contribution in [1.29, 1.82) is 0 Å². The zero-order chi connectivity index (χ0) is 14.8. The first-order valence-electron chi connectivity index (χ1n) is 6.51. The van der Waals surface area contributed by atoms with Crippen molar-refractivity contribution in [3.63, 3.8) is 0 Å². The first-order valence-corrected chi connectivity index (χ1v) is 6.51. The van der Waals surface area contributed by atoms with E-state index in [-0.39, 0.29) is 11.6 Å². The van der Waals surface area contributed by atoms with Crippen molar-refractivity contribution in [2.75, 3.05) is 6.61 Å². The second kappa shape index (κ2) is 5.46. The van der Waals surface area contributed by atoms with Crippen molar-refractivity contribution in [1.82, 2.24) is 9.55 Å². The maximum atomic E-state index is 13.1. The van der Waals surface area contributed by atoms with Crippen LogP contribution < -0.4 is 0 Å². The lowest BCUT2D eigenvalue weighted by Gasteiger charge is -2.05. The number of aliphatic hydroxyl groups excluding tert-OH is 1. The third-order valence-electron chi connectivity index (χ3n) is 3.36. The Morgan fingerprint density at radius 3 is 2.67 bits per heavy atom. The van der Waals surface area contributed by atoms with Gasteiger partial charge in [-0.25, -0.2) is 9.37 Å². The molecule has 0 saturated heterocycles. The Kier molecular flexibility index (Phi) is 3.50. The normalized spacial score (nSPS) is 11.0. The van der Waals surface area contributed by atoms with E-state index in [1.165, 1.54) is 12.1 Å². The summed E-state index contributed by atoms with van der Waals surface area (Å²) in [5.41, 5.74) is 2.95. The fraction of sp³-hybridized carbons (Fsp3) is 0.125. The predicted octanol–water partition coefficient (Wildman–Crippen LogP) is 2.40. The average Bonchev–Trinajstić information content (AvgIpc) is 2.89. The zero-order valence-electron chi connectivity index (χ0n) is 11.2. The molecule has 0 spiro atoms. The van der Waals surface area contributed by atoms with Crippen LogP contribution in [0.25, 0.3) is 11.0 Å². The van der Waals surface area contributed by atoms with Crippen LogP contribution in [0.5, 0.6) is 0 Å². The van der Waals surface area contributed by atoms with E-state index in [9.17, 15) is 9.18 Å². The number of Topliss-reactive ketones (excluding diaryl/α,β-unsaturated/α-hetero) is 1. The van der Waals surface area contributed by atoms with Gasteiger partial charge in [-0.3, -0.25) is 4.79 Å². The number of nitrogens with zero attached hydrogens (tertiary/aromatic N) is 2. The van der Waals surface area contributed by atoms with Gasteiger partial charge in [-0.1, -0.05) is 24.3 Å². The van der Waals surface area contributed by atoms with Crippen LogP contribution in [0.2, 0.25) is 0 Å². The number of ketones is 1. The SMILES string of the molecule is O=C(CO)c1ccc(Cn2cnc3cc(F)ccc32)cc1. The molecule has 0 bridgehead atoms. The van der Waals surface area contributed by atoms with Crippen LogP contribution in [0.15, 0.2) is 48.8 Å². The minimum Gasteiger partial charge on any atom is -0.388 e. The number of hydrogen-bond donors (Lipinski definition) is 1. The molecule has 21 heavy (non-hydrogen) atoms. The van der Waals surface area contributed by atoms with Crippen LogP contribution in [0, 0.1) is 5.82 Å². The van der Waals surface area contributed by atoms with Gasteiger partial charge in [0.15, 0.2) is 5.78 Å². The number of aliphatic hydroxyl groups is 1. The van der Waals surface area contributed by atoms with Crippen LogP contribution in [0.3, 0.4) is 0 Å². The molecule has 1 aromatic heterocycles. The highest BCUT2D eigenvalue weighted by Crippen LogP contribution is 2.16. The first-order chi connectivity index (χ1) is 10.2. The van der Waals surface area contributed by atoms with Gasteiger partial charge in [0.2, 0.25) is 0 Å². The summed E-state index contributed by atoms with van der Waals surface area (Å²) in [6, 6.07) is 11.5. The molecule has 106 valence electrons. The van der Waals surface area contributed by atoms with Gasteiger partial charge in [0, 0.05) is 18.2 Å². The van der Waals surface area contributed by atoms with E-state index in [1.54, 1.807) is 24.5 Å². The van der Waals surface area contributed by atoms with E-state index in [0.717, 1.165) is 11.1 Å². The molecule has 3 rings (SSSR count). The summed E-state index contributed by atoms with van der Waals surface area (Å²) in [6.45, 7) is 0.0901. The van der Waals surface area contributed by atoms with Gasteiger partial charge in [-0.15, -0.1) is 0 Å². The number of benzene rings is 2. The Morgan fingerprint density at radius 1 is 1.19 bits per heavy atom. The third kappa shape index (κ3) is 2.68. The standard InChI is InChI=1S/C16H13FN2O2/c17-13-5-6-15-14(7-13)18-10-19(15)8-11-1-3-12(4-2-11)16(21)9-20/h1-7,10,20H,8-9H2. The molecule has 0 aliphatic carbocycles. The molecule has 0 radical (unpaired) electrons. The number of fused-ring (bicyclic) bond motifs is 1. The summed E-state index contributed by atoms with van der Waals surface area (Å²) in [6.07, 6.45) is 1.66. The van der Waals surface area contributed by atoms with Crippen molar-refractivity contribution in [3.8, 4) is 0 Å². The first kappa shape index (κ1) is 13.5. The summed E-state index contributed by atoms with van der Waals surface area (Å²) >= 11 is 0. The third-order valence-corrected chi connectivity index (χ3v) is 3.36. The Morgan fingerprint density at radius 2 is 1.95 bits per heavy atom. The molecular formula is C16H13FN2O2. The number of carbonyl (C=O) groups is 1. The van der Waals surface area contributed by atoms with E-state index in [0.29, 0.717) is 17.6 Å². The number of imidazole rings is 1. The molecule has 0 aliphatic heterocycles. The zero-order valence-corrected chi connectivity index (χ0v) is 11.2. The molecule has 2 aromatic carbocycles. The van der Waals surface area contributed by atoms with Crippen molar-refractivity contribution >= 4 is 16.8 Å². The van der Waals surface area contributed by atoms with Crippen molar-refractivity contribution < 1.29 is 14.3 Å². The maximum Gasteiger partial charge on any atom is 0.188 e. The lowest BCUT2D eigenvalue weighted by molar-refractivity contribution is 0.0903. The second-order valence-corrected chi connectivity index (χ2v) is 4.78.